The van der Waals surface area contributed by atoms with Crippen LogP contribution in [0.2, 0.25) is 10.0 Å². The zero-order chi connectivity index (χ0) is 10.1. The van der Waals surface area contributed by atoms with E-state index in [4.69, 9.17) is 28.0 Å². The second-order valence-electron chi connectivity index (χ2n) is 3.26. The SMILES string of the molecule is CC1=NOC(c2c(Cl)cccc2Cl)C1. The van der Waals surface area contributed by atoms with Crippen molar-refractivity contribution in [1.29, 1.82) is 0 Å². The van der Waals surface area contributed by atoms with Crippen molar-refractivity contribution in [2.75, 3.05) is 0 Å². The molecule has 14 heavy (non-hydrogen) atoms. The summed E-state index contributed by atoms with van der Waals surface area (Å²) >= 11 is 12.1. The van der Waals surface area contributed by atoms with Crippen LogP contribution in [0.15, 0.2) is 23.4 Å². The highest BCUT2D eigenvalue weighted by Crippen LogP contribution is 2.36. The molecule has 0 spiro atoms. The number of hydrogen-bond acceptors (Lipinski definition) is 2. The molecule has 1 aromatic carbocycles. The van der Waals surface area contributed by atoms with Crippen molar-refractivity contribution >= 4 is 28.9 Å². The number of benzene rings is 1. The van der Waals surface area contributed by atoms with Crippen molar-refractivity contribution in [3.05, 3.63) is 33.8 Å². The molecule has 74 valence electrons. The van der Waals surface area contributed by atoms with Gasteiger partial charge in [0.1, 0.15) is 0 Å². The molecule has 0 aliphatic carbocycles. The molecule has 1 unspecified atom stereocenters. The lowest BCUT2D eigenvalue weighted by Crippen LogP contribution is -1.99. The van der Waals surface area contributed by atoms with Gasteiger partial charge in [-0.3, -0.25) is 0 Å². The third kappa shape index (κ3) is 1.72. The van der Waals surface area contributed by atoms with E-state index in [2.05, 4.69) is 5.16 Å². The third-order valence-corrected chi connectivity index (χ3v) is 2.80. The molecule has 4 heteroatoms. The summed E-state index contributed by atoms with van der Waals surface area (Å²) in [4.78, 5) is 5.23. The average Bonchev–Trinajstić information content (AvgIpc) is 2.51. The second kappa shape index (κ2) is 3.79. The Labute approximate surface area is 92.5 Å². The average molecular weight is 230 g/mol. The van der Waals surface area contributed by atoms with Crippen molar-refractivity contribution < 1.29 is 4.84 Å². The predicted octanol–water partition coefficient (Wildman–Crippen LogP) is 3.83. The number of oxime groups is 1. The van der Waals surface area contributed by atoms with Crippen LogP contribution in [0.5, 0.6) is 0 Å². The molecule has 0 aromatic heterocycles. The predicted molar refractivity (Wildman–Crippen MR) is 58.0 cm³/mol. The van der Waals surface area contributed by atoms with E-state index < -0.39 is 0 Å². The fourth-order valence-electron chi connectivity index (χ4n) is 1.47. The first-order chi connectivity index (χ1) is 6.68. The lowest BCUT2D eigenvalue weighted by Gasteiger charge is -2.11. The van der Waals surface area contributed by atoms with Gasteiger partial charge in [-0.05, 0) is 19.1 Å². The minimum absolute atomic E-state index is 0.129. The van der Waals surface area contributed by atoms with Crippen LogP contribution in [0.25, 0.3) is 0 Å². The van der Waals surface area contributed by atoms with E-state index in [0.29, 0.717) is 10.0 Å². The van der Waals surface area contributed by atoms with Crippen LogP contribution in [0, 0.1) is 0 Å². The van der Waals surface area contributed by atoms with Gasteiger partial charge in [0, 0.05) is 22.0 Å². The summed E-state index contributed by atoms with van der Waals surface area (Å²) in [7, 11) is 0. The van der Waals surface area contributed by atoms with Crippen LogP contribution in [-0.4, -0.2) is 5.71 Å². The molecule has 2 nitrogen and oxygen atoms in total. The first kappa shape index (κ1) is 9.81. The number of halogens is 2. The van der Waals surface area contributed by atoms with E-state index >= 15 is 0 Å². The Hall–Kier alpha value is -0.730. The standard InChI is InChI=1S/C10H9Cl2NO/c1-6-5-9(14-13-6)10-7(11)3-2-4-8(10)12/h2-4,9H,5H2,1H3. The van der Waals surface area contributed by atoms with Gasteiger partial charge in [-0.25, -0.2) is 0 Å². The quantitative estimate of drug-likeness (QED) is 0.718. The van der Waals surface area contributed by atoms with Gasteiger partial charge in [-0.15, -0.1) is 0 Å². The molecular formula is C10H9Cl2NO. The molecule has 0 amide bonds. The van der Waals surface area contributed by atoms with Gasteiger partial charge in [0.25, 0.3) is 0 Å². The molecule has 2 rings (SSSR count). The summed E-state index contributed by atoms with van der Waals surface area (Å²) in [6, 6.07) is 5.43. The third-order valence-electron chi connectivity index (χ3n) is 2.14. The fourth-order valence-corrected chi connectivity index (χ4v) is 2.11. The fraction of sp³-hybridized carbons (Fsp3) is 0.300. The van der Waals surface area contributed by atoms with Crippen molar-refractivity contribution in [3.8, 4) is 0 Å². The Kier molecular flexibility index (Phi) is 2.66. The van der Waals surface area contributed by atoms with Gasteiger partial charge < -0.3 is 4.84 Å². The van der Waals surface area contributed by atoms with E-state index in [9.17, 15) is 0 Å². The molecule has 0 bridgehead atoms. The summed E-state index contributed by atoms with van der Waals surface area (Å²) in [6.45, 7) is 1.92. The monoisotopic (exact) mass is 229 g/mol. The van der Waals surface area contributed by atoms with Crippen LogP contribution < -0.4 is 0 Å². The van der Waals surface area contributed by atoms with Crippen molar-refractivity contribution in [2.24, 2.45) is 5.16 Å². The molecule has 1 atom stereocenters. The minimum atomic E-state index is -0.129. The number of nitrogens with zero attached hydrogens (tertiary/aromatic N) is 1. The Morgan fingerprint density at radius 3 is 2.50 bits per heavy atom. The summed E-state index contributed by atoms with van der Waals surface area (Å²) < 4.78 is 0. The zero-order valence-electron chi connectivity index (χ0n) is 7.63. The van der Waals surface area contributed by atoms with Crippen molar-refractivity contribution in [2.45, 2.75) is 19.4 Å². The minimum Gasteiger partial charge on any atom is -0.387 e. The molecule has 0 radical (unpaired) electrons. The molecule has 0 fully saturated rings. The maximum absolute atomic E-state index is 6.04. The van der Waals surface area contributed by atoms with E-state index in [1.165, 1.54) is 0 Å². The number of rotatable bonds is 1. The molecular weight excluding hydrogens is 221 g/mol. The molecule has 1 heterocycles. The number of hydrogen-bond donors (Lipinski definition) is 0. The lowest BCUT2D eigenvalue weighted by molar-refractivity contribution is 0.0859. The van der Waals surface area contributed by atoms with Crippen LogP contribution in [0.3, 0.4) is 0 Å². The summed E-state index contributed by atoms with van der Waals surface area (Å²) in [6.07, 6.45) is 0.625. The Balaban J connectivity index is 2.33. The maximum Gasteiger partial charge on any atom is 0.160 e. The Morgan fingerprint density at radius 1 is 1.36 bits per heavy atom. The zero-order valence-corrected chi connectivity index (χ0v) is 9.14. The van der Waals surface area contributed by atoms with E-state index in [0.717, 1.165) is 17.7 Å². The Bertz CT molecular complexity index is 369. The first-order valence-corrected chi connectivity index (χ1v) is 5.07. The van der Waals surface area contributed by atoms with Crippen LogP contribution >= 0.6 is 23.2 Å². The summed E-state index contributed by atoms with van der Waals surface area (Å²) in [5.74, 6) is 0. The van der Waals surface area contributed by atoms with E-state index in [1.807, 2.05) is 13.0 Å². The van der Waals surface area contributed by atoms with Gasteiger partial charge >= 0.3 is 0 Å². The molecule has 1 aliphatic heterocycles. The van der Waals surface area contributed by atoms with Gasteiger partial charge in [-0.1, -0.05) is 34.4 Å². The molecule has 0 N–H and O–H groups in total. The van der Waals surface area contributed by atoms with Gasteiger partial charge in [-0.2, -0.15) is 0 Å². The normalized spacial score (nSPS) is 20.5. The largest absolute Gasteiger partial charge is 0.387 e. The molecule has 0 saturated heterocycles. The summed E-state index contributed by atoms with van der Waals surface area (Å²) in [5, 5.41) is 5.14. The summed E-state index contributed by atoms with van der Waals surface area (Å²) in [5.41, 5.74) is 1.79. The van der Waals surface area contributed by atoms with Crippen molar-refractivity contribution in [3.63, 3.8) is 0 Å². The smallest absolute Gasteiger partial charge is 0.160 e. The van der Waals surface area contributed by atoms with Crippen molar-refractivity contribution in [1.82, 2.24) is 0 Å². The van der Waals surface area contributed by atoms with Gasteiger partial charge in [0.15, 0.2) is 6.10 Å². The highest BCUT2D eigenvalue weighted by atomic mass is 35.5. The van der Waals surface area contributed by atoms with Crippen LogP contribution in [-0.2, 0) is 4.84 Å². The van der Waals surface area contributed by atoms with Crippen LogP contribution in [0.4, 0.5) is 0 Å². The van der Waals surface area contributed by atoms with E-state index in [-0.39, 0.29) is 6.10 Å². The Morgan fingerprint density at radius 2 is 2.00 bits per heavy atom. The van der Waals surface area contributed by atoms with E-state index in [1.54, 1.807) is 12.1 Å². The molecule has 1 aromatic rings. The van der Waals surface area contributed by atoms with Gasteiger partial charge in [0.2, 0.25) is 0 Å². The second-order valence-corrected chi connectivity index (χ2v) is 4.07. The maximum atomic E-state index is 6.04. The lowest BCUT2D eigenvalue weighted by atomic mass is 10.1. The first-order valence-electron chi connectivity index (χ1n) is 4.31. The van der Waals surface area contributed by atoms with Crippen LogP contribution in [0.1, 0.15) is 25.0 Å². The molecule has 0 saturated carbocycles. The topological polar surface area (TPSA) is 21.6 Å². The highest BCUT2D eigenvalue weighted by Gasteiger charge is 2.24. The van der Waals surface area contributed by atoms with Gasteiger partial charge in [0.05, 0.1) is 5.71 Å². The molecule has 1 aliphatic rings. The highest BCUT2D eigenvalue weighted by molar-refractivity contribution is 6.36.